The van der Waals surface area contributed by atoms with E-state index in [4.69, 9.17) is 14.2 Å². The van der Waals surface area contributed by atoms with Crippen LogP contribution in [0.4, 0.5) is 5.69 Å². The summed E-state index contributed by atoms with van der Waals surface area (Å²) in [5.74, 6) is 0.0807. The van der Waals surface area contributed by atoms with Gasteiger partial charge in [0.05, 0.1) is 19.3 Å². The van der Waals surface area contributed by atoms with E-state index in [1.54, 1.807) is 41.3 Å². The zero-order valence-electron chi connectivity index (χ0n) is 16.5. The monoisotopic (exact) mass is 397 g/mol. The van der Waals surface area contributed by atoms with Gasteiger partial charge in [-0.2, -0.15) is 0 Å². The molecule has 2 aromatic carbocycles. The molecule has 1 saturated heterocycles. The Hall–Kier alpha value is -3.35. The van der Waals surface area contributed by atoms with Gasteiger partial charge < -0.3 is 19.1 Å². The maximum absolute atomic E-state index is 12.3. The van der Waals surface area contributed by atoms with Crippen LogP contribution >= 0.6 is 0 Å². The Morgan fingerprint density at radius 2 is 1.76 bits per heavy atom. The largest absolute Gasteiger partial charge is 0.493 e. The average molecular weight is 397 g/mol. The molecule has 0 saturated carbocycles. The Morgan fingerprint density at radius 1 is 1.03 bits per heavy atom. The van der Waals surface area contributed by atoms with Crippen LogP contribution < -0.4 is 14.4 Å². The average Bonchev–Trinajstić information content (AvgIpc) is 3.18. The lowest BCUT2D eigenvalue weighted by Crippen LogP contribution is -2.23. The fraction of sp³-hybridized carbons (Fsp3) is 0.318. The first kappa shape index (κ1) is 20.4. The molecular weight excluding hydrogens is 374 g/mol. The van der Waals surface area contributed by atoms with Gasteiger partial charge in [0.15, 0.2) is 23.9 Å². The molecular formula is C22H23NO6. The van der Waals surface area contributed by atoms with Crippen molar-refractivity contribution < 1.29 is 28.6 Å². The summed E-state index contributed by atoms with van der Waals surface area (Å²) in [5, 5.41) is 0. The number of Topliss-reactive ketones (excluding diaryl/α,β-unsaturated/α-hetero) is 1. The molecule has 0 N–H and O–H groups in total. The number of carbonyl (C=O) groups is 3. The molecule has 0 aromatic heterocycles. The van der Waals surface area contributed by atoms with Crippen molar-refractivity contribution in [1.82, 2.24) is 0 Å². The van der Waals surface area contributed by atoms with Crippen LogP contribution in [-0.2, 0) is 9.53 Å². The van der Waals surface area contributed by atoms with E-state index < -0.39 is 5.97 Å². The van der Waals surface area contributed by atoms with Gasteiger partial charge in [0, 0.05) is 24.2 Å². The number of esters is 1. The van der Waals surface area contributed by atoms with Gasteiger partial charge in [-0.3, -0.25) is 9.59 Å². The molecule has 0 aliphatic carbocycles. The van der Waals surface area contributed by atoms with Crippen molar-refractivity contribution >= 4 is 23.3 Å². The van der Waals surface area contributed by atoms with Crippen molar-refractivity contribution in [3.8, 4) is 11.5 Å². The smallest absolute Gasteiger partial charge is 0.338 e. The van der Waals surface area contributed by atoms with Crippen LogP contribution in [0.2, 0.25) is 0 Å². The molecule has 1 heterocycles. The second kappa shape index (κ2) is 9.23. The number of ketones is 1. The first-order chi connectivity index (χ1) is 14.0. The van der Waals surface area contributed by atoms with Crippen molar-refractivity contribution in [3.63, 3.8) is 0 Å². The highest BCUT2D eigenvalue weighted by Gasteiger charge is 2.22. The predicted octanol–water partition coefficient (Wildman–Crippen LogP) is 3.26. The van der Waals surface area contributed by atoms with Gasteiger partial charge in [-0.1, -0.05) is 0 Å². The molecule has 2 aromatic rings. The Balaban J connectivity index is 1.60. The maximum Gasteiger partial charge on any atom is 0.338 e. The van der Waals surface area contributed by atoms with Gasteiger partial charge >= 0.3 is 5.97 Å². The summed E-state index contributed by atoms with van der Waals surface area (Å²) in [7, 11) is 1.48. The number of amides is 1. The van der Waals surface area contributed by atoms with Crippen molar-refractivity contribution in [2.24, 2.45) is 0 Å². The van der Waals surface area contributed by atoms with E-state index in [0.717, 1.165) is 12.1 Å². The Labute approximate surface area is 169 Å². The first-order valence-corrected chi connectivity index (χ1v) is 9.45. The van der Waals surface area contributed by atoms with Crippen LogP contribution in [0.25, 0.3) is 0 Å². The molecule has 1 aliphatic rings. The fourth-order valence-electron chi connectivity index (χ4n) is 3.12. The van der Waals surface area contributed by atoms with Gasteiger partial charge in [0.1, 0.15) is 0 Å². The van der Waals surface area contributed by atoms with Crippen LogP contribution in [0.3, 0.4) is 0 Å². The van der Waals surface area contributed by atoms with E-state index in [1.165, 1.54) is 13.2 Å². The highest BCUT2D eigenvalue weighted by molar-refractivity contribution is 6.00. The number of hydrogen-bond donors (Lipinski definition) is 0. The molecule has 1 amide bonds. The van der Waals surface area contributed by atoms with Crippen LogP contribution in [0, 0.1) is 0 Å². The molecule has 29 heavy (non-hydrogen) atoms. The molecule has 7 heteroatoms. The summed E-state index contributed by atoms with van der Waals surface area (Å²) in [4.78, 5) is 38.1. The molecule has 0 bridgehead atoms. The Kier molecular flexibility index (Phi) is 6.49. The third-order valence-corrected chi connectivity index (χ3v) is 4.61. The van der Waals surface area contributed by atoms with Crippen LogP contribution in [0.5, 0.6) is 11.5 Å². The Bertz CT molecular complexity index is 906. The third-order valence-electron chi connectivity index (χ3n) is 4.61. The maximum atomic E-state index is 12.3. The van der Waals surface area contributed by atoms with Crippen molar-refractivity contribution in [2.75, 3.05) is 31.8 Å². The number of hydrogen-bond acceptors (Lipinski definition) is 6. The van der Waals surface area contributed by atoms with E-state index in [-0.39, 0.29) is 23.9 Å². The minimum Gasteiger partial charge on any atom is -0.493 e. The molecule has 7 nitrogen and oxygen atoms in total. The SMILES string of the molecule is CCOc1ccc(C(=O)OCC(=O)c2ccc(N3CCCC3=O)cc2)cc1OC. The molecule has 3 rings (SSSR count). The van der Waals surface area contributed by atoms with E-state index in [0.29, 0.717) is 36.6 Å². The quantitative estimate of drug-likeness (QED) is 0.502. The molecule has 0 spiro atoms. The normalized spacial score (nSPS) is 13.3. The fourth-order valence-corrected chi connectivity index (χ4v) is 3.12. The van der Waals surface area contributed by atoms with E-state index in [1.807, 2.05) is 6.92 Å². The van der Waals surface area contributed by atoms with Gasteiger partial charge in [0.2, 0.25) is 5.91 Å². The van der Waals surface area contributed by atoms with Crippen molar-refractivity contribution in [1.29, 1.82) is 0 Å². The number of anilines is 1. The third kappa shape index (κ3) is 4.74. The van der Waals surface area contributed by atoms with Gasteiger partial charge in [-0.05, 0) is 55.8 Å². The second-order valence-corrected chi connectivity index (χ2v) is 6.49. The number of carbonyl (C=O) groups excluding carboxylic acids is 3. The molecule has 1 fully saturated rings. The number of benzene rings is 2. The number of ether oxygens (including phenoxy) is 3. The van der Waals surface area contributed by atoms with Crippen molar-refractivity contribution in [3.05, 3.63) is 53.6 Å². The Morgan fingerprint density at radius 3 is 2.38 bits per heavy atom. The topological polar surface area (TPSA) is 82.1 Å². The summed E-state index contributed by atoms with van der Waals surface area (Å²) >= 11 is 0. The molecule has 1 aliphatic heterocycles. The molecule has 0 atom stereocenters. The number of rotatable bonds is 8. The minimum atomic E-state index is -0.626. The summed E-state index contributed by atoms with van der Waals surface area (Å²) in [5.41, 5.74) is 1.45. The molecule has 0 unspecified atom stereocenters. The minimum absolute atomic E-state index is 0.0868. The molecule has 0 radical (unpaired) electrons. The van der Waals surface area contributed by atoms with Crippen molar-refractivity contribution in [2.45, 2.75) is 19.8 Å². The summed E-state index contributed by atoms with van der Waals surface area (Å²) in [6.45, 7) is 2.63. The number of nitrogens with zero attached hydrogens (tertiary/aromatic N) is 1. The lowest BCUT2D eigenvalue weighted by Gasteiger charge is -2.15. The van der Waals surface area contributed by atoms with Crippen LogP contribution in [0.1, 0.15) is 40.5 Å². The standard InChI is InChI=1S/C22H23NO6/c1-3-28-19-11-8-16(13-20(19)27-2)22(26)29-14-18(24)15-6-9-17(10-7-15)23-12-4-5-21(23)25/h6-11,13H,3-5,12,14H2,1-2H3. The summed E-state index contributed by atoms with van der Waals surface area (Å²) < 4.78 is 15.8. The lowest BCUT2D eigenvalue weighted by molar-refractivity contribution is -0.117. The second-order valence-electron chi connectivity index (χ2n) is 6.49. The lowest BCUT2D eigenvalue weighted by atomic mass is 10.1. The highest BCUT2D eigenvalue weighted by atomic mass is 16.5. The zero-order chi connectivity index (χ0) is 20.8. The van der Waals surface area contributed by atoms with Crippen LogP contribution in [-0.4, -0.2) is 44.5 Å². The van der Waals surface area contributed by atoms with E-state index in [9.17, 15) is 14.4 Å². The number of methoxy groups -OCH3 is 1. The van der Waals surface area contributed by atoms with Gasteiger partial charge in [0.25, 0.3) is 0 Å². The summed E-state index contributed by atoms with van der Waals surface area (Å²) in [6, 6.07) is 11.4. The van der Waals surface area contributed by atoms with Gasteiger partial charge in [-0.15, -0.1) is 0 Å². The summed E-state index contributed by atoms with van der Waals surface area (Å²) in [6.07, 6.45) is 1.39. The van der Waals surface area contributed by atoms with E-state index in [2.05, 4.69) is 0 Å². The molecule has 152 valence electrons. The van der Waals surface area contributed by atoms with Gasteiger partial charge in [-0.25, -0.2) is 4.79 Å². The first-order valence-electron chi connectivity index (χ1n) is 9.45. The van der Waals surface area contributed by atoms with Crippen LogP contribution in [0.15, 0.2) is 42.5 Å². The zero-order valence-corrected chi connectivity index (χ0v) is 16.5. The van der Waals surface area contributed by atoms with E-state index >= 15 is 0 Å². The highest BCUT2D eigenvalue weighted by Crippen LogP contribution is 2.28. The predicted molar refractivity (Wildman–Crippen MR) is 107 cm³/mol.